The van der Waals surface area contributed by atoms with E-state index in [9.17, 15) is 19.7 Å². The second kappa shape index (κ2) is 5.28. The van der Waals surface area contributed by atoms with Gasteiger partial charge in [0.2, 0.25) is 17.4 Å². The third-order valence-corrected chi connectivity index (χ3v) is 2.26. The Bertz CT molecular complexity index is 259. The maximum absolute atomic E-state index is 10.7. The van der Waals surface area contributed by atoms with Gasteiger partial charge in [0.15, 0.2) is 0 Å². The number of nitro groups is 1. The van der Waals surface area contributed by atoms with E-state index in [1.165, 1.54) is 6.92 Å². The molecule has 0 aliphatic heterocycles. The van der Waals surface area contributed by atoms with Crippen LogP contribution in [-0.4, -0.2) is 22.3 Å². The highest BCUT2D eigenvalue weighted by Gasteiger charge is 2.37. The van der Waals surface area contributed by atoms with E-state index in [1.54, 1.807) is 0 Å². The summed E-state index contributed by atoms with van der Waals surface area (Å²) >= 11 is 0. The fourth-order valence-corrected chi connectivity index (χ4v) is 1.09. The lowest BCUT2D eigenvalue weighted by atomic mass is 9.91. The molecule has 4 N–H and O–H groups in total. The van der Waals surface area contributed by atoms with Crippen molar-refractivity contribution in [1.29, 1.82) is 0 Å². The summed E-state index contributed by atoms with van der Waals surface area (Å²) in [5.74, 6) is -1.19. The molecule has 86 valence electrons. The third-order valence-electron chi connectivity index (χ3n) is 2.26. The normalized spacial score (nSPS) is 11.0. The van der Waals surface area contributed by atoms with Crippen LogP contribution in [0.1, 0.15) is 32.6 Å². The Morgan fingerprint density at radius 3 is 1.73 bits per heavy atom. The molecule has 0 bridgehead atoms. The number of carbonyl (C=O) groups is 2. The molecule has 7 nitrogen and oxygen atoms in total. The molecule has 0 aliphatic rings. The van der Waals surface area contributed by atoms with Crippen molar-refractivity contribution in [2.24, 2.45) is 11.5 Å². The number of amides is 2. The minimum atomic E-state index is -1.32. The number of hydrogen-bond acceptors (Lipinski definition) is 4. The summed E-state index contributed by atoms with van der Waals surface area (Å²) in [4.78, 5) is 31.3. The summed E-state index contributed by atoms with van der Waals surface area (Å²) < 4.78 is 0. The van der Waals surface area contributed by atoms with Crippen LogP contribution in [0.4, 0.5) is 0 Å². The monoisotopic (exact) mass is 217 g/mol. The molecule has 0 atom stereocenters. The van der Waals surface area contributed by atoms with E-state index in [0.717, 1.165) is 0 Å². The van der Waals surface area contributed by atoms with E-state index in [0.29, 0.717) is 0 Å². The van der Waals surface area contributed by atoms with Crippen LogP contribution in [0.25, 0.3) is 0 Å². The Morgan fingerprint density at radius 1 is 1.20 bits per heavy atom. The fourth-order valence-electron chi connectivity index (χ4n) is 1.09. The van der Waals surface area contributed by atoms with Crippen LogP contribution >= 0.6 is 0 Å². The third kappa shape index (κ3) is 4.94. The van der Waals surface area contributed by atoms with E-state index in [2.05, 4.69) is 0 Å². The van der Waals surface area contributed by atoms with Gasteiger partial charge in [-0.15, -0.1) is 0 Å². The molecule has 2 amide bonds. The van der Waals surface area contributed by atoms with Gasteiger partial charge in [0, 0.05) is 37.5 Å². The Balaban J connectivity index is 4.38. The average molecular weight is 217 g/mol. The average Bonchev–Trinajstić information content (AvgIpc) is 2.11. The molecule has 0 saturated heterocycles. The molecule has 0 aliphatic carbocycles. The molecule has 0 rings (SSSR count). The molecule has 0 unspecified atom stereocenters. The fraction of sp³-hybridized carbons (Fsp3) is 0.750. The summed E-state index contributed by atoms with van der Waals surface area (Å²) in [6.45, 7) is 1.37. The first-order valence-corrected chi connectivity index (χ1v) is 4.49. The largest absolute Gasteiger partial charge is 0.370 e. The number of primary amides is 2. The van der Waals surface area contributed by atoms with E-state index in [-0.39, 0.29) is 25.7 Å². The van der Waals surface area contributed by atoms with Gasteiger partial charge in [-0.25, -0.2) is 0 Å². The quantitative estimate of drug-likeness (QED) is 0.442. The number of hydrogen-bond donors (Lipinski definition) is 2. The second-order valence-electron chi connectivity index (χ2n) is 3.69. The molecule has 0 spiro atoms. The van der Waals surface area contributed by atoms with Crippen LogP contribution in [-0.2, 0) is 9.59 Å². The van der Waals surface area contributed by atoms with E-state index in [4.69, 9.17) is 11.5 Å². The summed E-state index contributed by atoms with van der Waals surface area (Å²) in [6, 6.07) is 0. The van der Waals surface area contributed by atoms with Crippen molar-refractivity contribution in [1.82, 2.24) is 0 Å². The Hall–Kier alpha value is -1.66. The summed E-state index contributed by atoms with van der Waals surface area (Å²) in [5, 5.41) is 10.7. The van der Waals surface area contributed by atoms with Gasteiger partial charge in [-0.3, -0.25) is 19.7 Å². The van der Waals surface area contributed by atoms with Crippen LogP contribution in [0.3, 0.4) is 0 Å². The molecule has 0 aromatic heterocycles. The van der Waals surface area contributed by atoms with Gasteiger partial charge >= 0.3 is 0 Å². The van der Waals surface area contributed by atoms with Crippen molar-refractivity contribution in [3.63, 3.8) is 0 Å². The lowest BCUT2D eigenvalue weighted by molar-refractivity contribution is -0.567. The molecule has 0 saturated carbocycles. The first kappa shape index (κ1) is 13.3. The number of nitrogens with two attached hydrogens (primary N) is 2. The highest BCUT2D eigenvalue weighted by atomic mass is 16.6. The summed E-state index contributed by atoms with van der Waals surface area (Å²) in [6.07, 6.45) is -0.113. The van der Waals surface area contributed by atoms with Crippen LogP contribution < -0.4 is 11.5 Å². The zero-order valence-corrected chi connectivity index (χ0v) is 8.56. The van der Waals surface area contributed by atoms with Crippen molar-refractivity contribution >= 4 is 11.8 Å². The van der Waals surface area contributed by atoms with Crippen LogP contribution in [0, 0.1) is 10.1 Å². The molecule has 7 heteroatoms. The zero-order chi connectivity index (χ0) is 12.1. The minimum Gasteiger partial charge on any atom is -0.370 e. The smallest absolute Gasteiger partial charge is 0.220 e. The maximum Gasteiger partial charge on any atom is 0.220 e. The van der Waals surface area contributed by atoms with E-state index in [1.807, 2.05) is 0 Å². The van der Waals surface area contributed by atoms with Gasteiger partial charge in [0.1, 0.15) is 0 Å². The lowest BCUT2D eigenvalue weighted by Gasteiger charge is -2.19. The number of nitrogens with zero attached hydrogens (tertiary/aromatic N) is 1. The Kier molecular flexibility index (Phi) is 4.69. The van der Waals surface area contributed by atoms with Crippen LogP contribution in [0.5, 0.6) is 0 Å². The molecular formula is C8H15N3O4. The lowest BCUT2D eigenvalue weighted by Crippen LogP contribution is -2.37. The molecule has 0 aromatic carbocycles. The van der Waals surface area contributed by atoms with Crippen molar-refractivity contribution in [3.05, 3.63) is 10.1 Å². The van der Waals surface area contributed by atoms with Gasteiger partial charge < -0.3 is 11.5 Å². The van der Waals surface area contributed by atoms with Gasteiger partial charge in [-0.05, 0) is 0 Å². The molecule has 0 radical (unpaired) electrons. The van der Waals surface area contributed by atoms with Gasteiger partial charge in [-0.1, -0.05) is 0 Å². The topological polar surface area (TPSA) is 129 Å². The maximum atomic E-state index is 10.7. The SMILES string of the molecule is CC(CCC(N)=O)(CCC(N)=O)[N+](=O)[O-]. The van der Waals surface area contributed by atoms with Gasteiger partial charge in [-0.2, -0.15) is 0 Å². The van der Waals surface area contributed by atoms with Gasteiger partial charge in [0.25, 0.3) is 0 Å². The number of carbonyl (C=O) groups excluding carboxylic acids is 2. The van der Waals surface area contributed by atoms with Crippen molar-refractivity contribution < 1.29 is 14.5 Å². The van der Waals surface area contributed by atoms with Crippen molar-refractivity contribution in [2.75, 3.05) is 0 Å². The standard InChI is InChI=1S/C8H15N3O4/c1-8(11(14)15,4-2-6(9)12)5-3-7(10)13/h2-5H2,1H3,(H2,9,12)(H2,10,13). The molecule has 0 heterocycles. The highest BCUT2D eigenvalue weighted by Crippen LogP contribution is 2.22. The Labute approximate surface area is 86.9 Å². The van der Waals surface area contributed by atoms with Crippen LogP contribution in [0.15, 0.2) is 0 Å². The minimum absolute atomic E-state index is 0.0165. The summed E-state index contributed by atoms with van der Waals surface area (Å²) in [5.41, 5.74) is 8.49. The van der Waals surface area contributed by atoms with Crippen LogP contribution in [0.2, 0.25) is 0 Å². The molecule has 15 heavy (non-hydrogen) atoms. The predicted molar refractivity (Wildman–Crippen MR) is 52.3 cm³/mol. The predicted octanol–water partition coefficient (Wildman–Crippen LogP) is -0.447. The van der Waals surface area contributed by atoms with Gasteiger partial charge in [0.05, 0.1) is 0 Å². The molecule has 0 aromatic rings. The summed E-state index contributed by atoms with van der Waals surface area (Å²) in [7, 11) is 0. The highest BCUT2D eigenvalue weighted by molar-refractivity contribution is 5.74. The Morgan fingerprint density at radius 2 is 1.53 bits per heavy atom. The molecule has 0 fully saturated rings. The number of rotatable bonds is 7. The first-order valence-electron chi connectivity index (χ1n) is 4.49. The van der Waals surface area contributed by atoms with E-state index < -0.39 is 22.3 Å². The zero-order valence-electron chi connectivity index (χ0n) is 8.56. The second-order valence-corrected chi connectivity index (χ2v) is 3.69. The van der Waals surface area contributed by atoms with Crippen molar-refractivity contribution in [3.8, 4) is 0 Å². The van der Waals surface area contributed by atoms with E-state index >= 15 is 0 Å². The first-order chi connectivity index (χ1) is 6.78. The molecular weight excluding hydrogens is 202 g/mol. The van der Waals surface area contributed by atoms with Crippen molar-refractivity contribution in [2.45, 2.75) is 38.1 Å².